The number of hydrogen-bond acceptors (Lipinski definition) is 3. The minimum Gasteiger partial charge on any atom is -0.480 e. The van der Waals surface area contributed by atoms with Crippen LogP contribution in [0.3, 0.4) is 0 Å². The molecule has 1 saturated heterocycles. The molecule has 0 saturated carbocycles. The van der Waals surface area contributed by atoms with Crippen molar-refractivity contribution in [3.63, 3.8) is 0 Å². The van der Waals surface area contributed by atoms with Gasteiger partial charge >= 0.3 is 12.0 Å². The number of urea groups is 1. The molecule has 2 amide bonds. The quantitative estimate of drug-likeness (QED) is 0.881. The second-order valence-electron chi connectivity index (χ2n) is 4.07. The Kier molecular flexibility index (Phi) is 4.71. The molecule has 1 unspecified atom stereocenters. The van der Waals surface area contributed by atoms with E-state index < -0.39 is 12.0 Å². The van der Waals surface area contributed by atoms with Crippen LogP contribution in [0.15, 0.2) is 28.7 Å². The van der Waals surface area contributed by atoms with Crippen LogP contribution in [0.2, 0.25) is 0 Å². The van der Waals surface area contributed by atoms with Crippen LogP contribution in [0.4, 0.5) is 4.79 Å². The predicted molar refractivity (Wildman–Crippen MR) is 77.0 cm³/mol. The number of rotatable bonds is 3. The Morgan fingerprint density at radius 1 is 1.47 bits per heavy atom. The number of aliphatic carboxylic acids is 1. The number of carbonyl (C=O) groups excluding carboxylic acids is 1. The summed E-state index contributed by atoms with van der Waals surface area (Å²) in [7, 11) is 0. The summed E-state index contributed by atoms with van der Waals surface area (Å²) in [5, 5.41) is 11.8. The Morgan fingerprint density at radius 3 is 2.89 bits per heavy atom. The molecule has 1 atom stereocenters. The normalized spacial score (nSPS) is 18.4. The second-order valence-corrected chi connectivity index (χ2v) is 5.93. The van der Waals surface area contributed by atoms with Gasteiger partial charge in [0.15, 0.2) is 0 Å². The first-order valence-electron chi connectivity index (χ1n) is 5.68. The van der Waals surface area contributed by atoms with Gasteiger partial charge < -0.3 is 15.3 Å². The van der Waals surface area contributed by atoms with Crippen LogP contribution in [0.5, 0.6) is 0 Å². The predicted octanol–water partition coefficient (Wildman–Crippen LogP) is 2.12. The van der Waals surface area contributed by atoms with Gasteiger partial charge in [-0.1, -0.05) is 34.1 Å². The summed E-state index contributed by atoms with van der Waals surface area (Å²) in [4.78, 5) is 24.3. The van der Waals surface area contributed by atoms with Crippen molar-refractivity contribution < 1.29 is 14.7 Å². The maximum Gasteiger partial charge on any atom is 0.327 e. The Bertz CT molecular complexity index is 498. The Morgan fingerprint density at radius 2 is 2.21 bits per heavy atom. The van der Waals surface area contributed by atoms with E-state index in [1.807, 2.05) is 24.3 Å². The minimum absolute atomic E-state index is 0.340. The first-order chi connectivity index (χ1) is 9.09. The molecule has 1 aliphatic heterocycles. The van der Waals surface area contributed by atoms with Crippen LogP contribution in [0.1, 0.15) is 5.56 Å². The molecule has 2 rings (SSSR count). The van der Waals surface area contributed by atoms with Gasteiger partial charge in [-0.3, -0.25) is 0 Å². The van der Waals surface area contributed by atoms with E-state index >= 15 is 0 Å². The zero-order valence-electron chi connectivity index (χ0n) is 10.0. The molecule has 0 aromatic heterocycles. The zero-order chi connectivity index (χ0) is 13.8. The number of nitrogens with zero attached hydrogens (tertiary/aromatic N) is 1. The third-order valence-corrected chi connectivity index (χ3v) is 4.60. The standard InChI is InChI=1S/C12H13BrN2O3S/c13-9-4-2-1-3-8(9)5-14-12(18)15-7-19-6-10(15)11(16)17/h1-4,10H,5-7H2,(H,14,18)(H,16,17). The molecule has 1 aromatic carbocycles. The van der Waals surface area contributed by atoms with E-state index in [1.165, 1.54) is 16.7 Å². The smallest absolute Gasteiger partial charge is 0.327 e. The van der Waals surface area contributed by atoms with Gasteiger partial charge in [0.05, 0.1) is 5.88 Å². The number of benzene rings is 1. The number of thioether (sulfide) groups is 1. The number of nitrogens with one attached hydrogen (secondary N) is 1. The molecule has 7 heteroatoms. The lowest BCUT2D eigenvalue weighted by molar-refractivity contribution is -0.140. The average molecular weight is 345 g/mol. The summed E-state index contributed by atoms with van der Waals surface area (Å²) in [5.41, 5.74) is 0.953. The molecule has 102 valence electrons. The Hall–Kier alpha value is -1.21. The molecule has 5 nitrogen and oxygen atoms in total. The van der Waals surface area contributed by atoms with Crippen molar-refractivity contribution in [3.8, 4) is 0 Å². The largest absolute Gasteiger partial charge is 0.480 e. The van der Waals surface area contributed by atoms with Crippen LogP contribution in [0.25, 0.3) is 0 Å². The third-order valence-electron chi connectivity index (χ3n) is 2.82. The molecular formula is C12H13BrN2O3S. The van der Waals surface area contributed by atoms with Gasteiger partial charge in [0.1, 0.15) is 6.04 Å². The summed E-state index contributed by atoms with van der Waals surface area (Å²) in [5.74, 6) is -0.0997. The summed E-state index contributed by atoms with van der Waals surface area (Å²) >= 11 is 4.85. The van der Waals surface area contributed by atoms with Gasteiger partial charge in [0.25, 0.3) is 0 Å². The lowest BCUT2D eigenvalue weighted by Crippen LogP contribution is -2.46. The number of halogens is 1. The Labute approximate surface area is 123 Å². The molecule has 19 heavy (non-hydrogen) atoms. The maximum absolute atomic E-state index is 12.0. The van der Waals surface area contributed by atoms with Gasteiger partial charge in [-0.15, -0.1) is 11.8 Å². The fourth-order valence-electron chi connectivity index (χ4n) is 1.76. The molecule has 0 aliphatic carbocycles. The van der Waals surface area contributed by atoms with E-state index in [0.29, 0.717) is 18.2 Å². The monoisotopic (exact) mass is 344 g/mol. The van der Waals surface area contributed by atoms with Crippen LogP contribution in [-0.2, 0) is 11.3 Å². The molecule has 0 radical (unpaired) electrons. The van der Waals surface area contributed by atoms with E-state index in [9.17, 15) is 9.59 Å². The van der Waals surface area contributed by atoms with E-state index in [-0.39, 0.29) is 6.03 Å². The summed E-state index contributed by atoms with van der Waals surface area (Å²) in [6.07, 6.45) is 0. The first-order valence-corrected chi connectivity index (χ1v) is 7.63. The molecule has 1 aromatic rings. The van der Waals surface area contributed by atoms with Gasteiger partial charge in [0, 0.05) is 16.8 Å². The molecule has 1 heterocycles. The number of carboxylic acids is 1. The van der Waals surface area contributed by atoms with Crippen LogP contribution < -0.4 is 5.32 Å². The van der Waals surface area contributed by atoms with E-state index in [1.54, 1.807) is 0 Å². The van der Waals surface area contributed by atoms with Crippen molar-refractivity contribution in [2.75, 3.05) is 11.6 Å². The van der Waals surface area contributed by atoms with Gasteiger partial charge in [-0.2, -0.15) is 0 Å². The summed E-state index contributed by atoms with van der Waals surface area (Å²) in [6, 6.07) is 6.51. The van der Waals surface area contributed by atoms with E-state index in [2.05, 4.69) is 21.2 Å². The van der Waals surface area contributed by atoms with Crippen molar-refractivity contribution in [3.05, 3.63) is 34.3 Å². The van der Waals surface area contributed by atoms with Gasteiger partial charge in [-0.25, -0.2) is 9.59 Å². The molecule has 0 bridgehead atoms. The lowest BCUT2D eigenvalue weighted by atomic mass is 10.2. The molecule has 1 fully saturated rings. The van der Waals surface area contributed by atoms with Crippen molar-refractivity contribution in [2.45, 2.75) is 12.6 Å². The first kappa shape index (κ1) is 14.2. The van der Waals surface area contributed by atoms with Crippen LogP contribution in [0, 0.1) is 0 Å². The fraction of sp³-hybridized carbons (Fsp3) is 0.333. The Balaban J connectivity index is 1.95. The SMILES string of the molecule is O=C(O)C1CSCN1C(=O)NCc1ccccc1Br. The maximum atomic E-state index is 12.0. The number of carboxylic acid groups (broad SMARTS) is 1. The molecule has 2 N–H and O–H groups in total. The van der Waals surface area contributed by atoms with Crippen LogP contribution in [-0.4, -0.2) is 39.7 Å². The topological polar surface area (TPSA) is 69.6 Å². The van der Waals surface area contributed by atoms with Crippen molar-refractivity contribution in [1.82, 2.24) is 10.2 Å². The number of amides is 2. The zero-order valence-corrected chi connectivity index (χ0v) is 12.4. The summed E-state index contributed by atoms with van der Waals surface area (Å²) in [6.45, 7) is 0.369. The number of hydrogen-bond donors (Lipinski definition) is 2. The highest BCUT2D eigenvalue weighted by atomic mass is 79.9. The molecular weight excluding hydrogens is 332 g/mol. The average Bonchev–Trinajstić information content (AvgIpc) is 2.87. The fourth-order valence-corrected chi connectivity index (χ4v) is 3.33. The van der Waals surface area contributed by atoms with E-state index in [4.69, 9.17) is 5.11 Å². The van der Waals surface area contributed by atoms with Gasteiger partial charge in [0.2, 0.25) is 0 Å². The van der Waals surface area contributed by atoms with Crippen molar-refractivity contribution in [1.29, 1.82) is 0 Å². The van der Waals surface area contributed by atoms with Crippen LogP contribution >= 0.6 is 27.7 Å². The number of carbonyl (C=O) groups is 2. The molecule has 0 spiro atoms. The van der Waals surface area contributed by atoms with Crippen molar-refractivity contribution >= 4 is 39.7 Å². The van der Waals surface area contributed by atoms with Gasteiger partial charge in [-0.05, 0) is 11.6 Å². The lowest BCUT2D eigenvalue weighted by Gasteiger charge is -2.21. The highest BCUT2D eigenvalue weighted by molar-refractivity contribution is 9.10. The second kappa shape index (κ2) is 6.29. The summed E-state index contributed by atoms with van der Waals surface area (Å²) < 4.78 is 0.917. The minimum atomic E-state index is -0.957. The molecule has 1 aliphatic rings. The highest BCUT2D eigenvalue weighted by Gasteiger charge is 2.34. The third kappa shape index (κ3) is 3.42. The highest BCUT2D eigenvalue weighted by Crippen LogP contribution is 2.21. The van der Waals surface area contributed by atoms with E-state index in [0.717, 1.165) is 10.0 Å². The van der Waals surface area contributed by atoms with Crippen molar-refractivity contribution in [2.24, 2.45) is 0 Å².